The number of fused-ring (bicyclic) bond motifs is 2. The molecule has 2 N–H and O–H groups in total. The van der Waals surface area contributed by atoms with Crippen LogP contribution >= 0.6 is 0 Å². The molecule has 5 aromatic carbocycles. The molecular weight excluding hydrogens is 371 g/mol. The topological polar surface area (TPSA) is 49.7 Å². The Morgan fingerprint density at radius 1 is 0.533 bits per heavy atom. The first-order valence-electron chi connectivity index (χ1n) is 9.76. The van der Waals surface area contributed by atoms with Gasteiger partial charge in [0.25, 0.3) is 0 Å². The second-order valence-corrected chi connectivity index (χ2v) is 6.82. The molecule has 0 radical (unpaired) electrons. The Hall–Kier alpha value is -3.60. The van der Waals surface area contributed by atoms with E-state index in [1.54, 1.807) is 24.3 Å². The summed E-state index contributed by atoms with van der Waals surface area (Å²) >= 11 is 0. The average Bonchev–Trinajstić information content (AvgIpc) is 2.79. The fourth-order valence-corrected chi connectivity index (χ4v) is 3.55. The summed E-state index contributed by atoms with van der Waals surface area (Å²) in [7, 11) is -1.73. The summed E-state index contributed by atoms with van der Waals surface area (Å²) in [5, 5.41) is 21.9. The lowest BCUT2D eigenvalue weighted by molar-refractivity contribution is 0.288. The number of rotatable bonds is 3. The smallest absolute Gasteiger partial charge is 0.512 e. The van der Waals surface area contributed by atoms with Gasteiger partial charge in [-0.3, -0.25) is 0 Å². The van der Waals surface area contributed by atoms with E-state index >= 15 is 0 Å². The Morgan fingerprint density at radius 3 is 1.53 bits per heavy atom. The second-order valence-electron chi connectivity index (χ2n) is 6.82. The predicted molar refractivity (Wildman–Crippen MR) is 124 cm³/mol. The molecule has 0 spiro atoms. The van der Waals surface area contributed by atoms with Crippen molar-refractivity contribution in [3.63, 3.8) is 0 Å². The van der Waals surface area contributed by atoms with Crippen molar-refractivity contribution in [2.24, 2.45) is 0 Å². The van der Waals surface area contributed by atoms with E-state index in [0.29, 0.717) is 5.75 Å². The van der Waals surface area contributed by atoms with Gasteiger partial charge in [0.2, 0.25) is 0 Å². The van der Waals surface area contributed by atoms with Gasteiger partial charge in [0.05, 0.1) is 0 Å². The minimum atomic E-state index is -1.73. The van der Waals surface area contributed by atoms with Gasteiger partial charge in [-0.05, 0) is 50.9 Å². The van der Waals surface area contributed by atoms with Crippen LogP contribution in [0.25, 0.3) is 32.7 Å². The Labute approximate surface area is 176 Å². The molecule has 0 heterocycles. The summed E-state index contributed by atoms with van der Waals surface area (Å²) in [6.07, 6.45) is 0. The predicted octanol–water partition coefficient (Wildman–Crippen LogP) is 5.69. The highest BCUT2D eigenvalue weighted by Crippen LogP contribution is 2.35. The second kappa shape index (κ2) is 9.27. The van der Waals surface area contributed by atoms with Gasteiger partial charge in [0.1, 0.15) is 5.75 Å². The molecule has 0 aromatic heterocycles. The highest BCUT2D eigenvalue weighted by atomic mass is 16.6. The van der Waals surface area contributed by atoms with E-state index in [0.717, 1.165) is 0 Å². The van der Waals surface area contributed by atoms with Crippen molar-refractivity contribution in [3.05, 3.63) is 115 Å². The standard InChI is InChI=1S/C20H14.C6H7BO3/c1-2-8-15(9-3-1)20-18-12-6-4-10-16(18)14-17-11-5-7-13-19(17)20;8-7(9)10-6-4-2-1-3-5-6/h1-14H;1-5,8-9H. The van der Waals surface area contributed by atoms with Crippen LogP contribution in [0.15, 0.2) is 115 Å². The molecule has 5 rings (SSSR count). The molecule has 0 saturated carbocycles. The van der Waals surface area contributed by atoms with E-state index < -0.39 is 7.32 Å². The van der Waals surface area contributed by atoms with Crippen molar-refractivity contribution < 1.29 is 14.7 Å². The van der Waals surface area contributed by atoms with Crippen LogP contribution in [-0.2, 0) is 0 Å². The first kappa shape index (κ1) is 19.7. The van der Waals surface area contributed by atoms with E-state index in [1.165, 1.54) is 32.7 Å². The molecule has 4 heteroatoms. The largest absolute Gasteiger partial charge is 0.707 e. The fourth-order valence-electron chi connectivity index (χ4n) is 3.55. The third kappa shape index (κ3) is 4.52. The number of benzene rings is 5. The van der Waals surface area contributed by atoms with Crippen LogP contribution in [0, 0.1) is 0 Å². The van der Waals surface area contributed by atoms with Gasteiger partial charge < -0.3 is 14.7 Å². The summed E-state index contributed by atoms with van der Waals surface area (Å²) in [4.78, 5) is 0. The van der Waals surface area contributed by atoms with Crippen LogP contribution in [0.5, 0.6) is 5.75 Å². The van der Waals surface area contributed by atoms with Crippen LogP contribution in [0.2, 0.25) is 0 Å². The van der Waals surface area contributed by atoms with Gasteiger partial charge in [-0.15, -0.1) is 0 Å². The molecule has 0 amide bonds. The van der Waals surface area contributed by atoms with Gasteiger partial charge in [0, 0.05) is 0 Å². The van der Waals surface area contributed by atoms with E-state index in [4.69, 9.17) is 10.0 Å². The minimum Gasteiger partial charge on any atom is -0.512 e. The number of para-hydroxylation sites is 1. The van der Waals surface area contributed by atoms with Gasteiger partial charge in [-0.1, -0.05) is 97.1 Å². The van der Waals surface area contributed by atoms with Crippen molar-refractivity contribution in [1.82, 2.24) is 0 Å². The number of hydrogen-bond acceptors (Lipinski definition) is 3. The van der Waals surface area contributed by atoms with Crippen LogP contribution in [0.1, 0.15) is 0 Å². The van der Waals surface area contributed by atoms with Gasteiger partial charge >= 0.3 is 7.32 Å². The molecule has 0 unspecified atom stereocenters. The zero-order valence-electron chi connectivity index (χ0n) is 16.3. The summed E-state index contributed by atoms with van der Waals surface area (Å²) in [5.41, 5.74) is 2.61. The zero-order valence-corrected chi connectivity index (χ0v) is 16.3. The van der Waals surface area contributed by atoms with Crippen molar-refractivity contribution >= 4 is 28.9 Å². The SMILES string of the molecule is OB(O)Oc1ccccc1.c1ccc(-c2c3ccccc3cc3ccccc23)cc1. The van der Waals surface area contributed by atoms with Gasteiger partial charge in [0.15, 0.2) is 0 Å². The molecular formula is C26H21BO3. The van der Waals surface area contributed by atoms with Crippen molar-refractivity contribution in [1.29, 1.82) is 0 Å². The van der Waals surface area contributed by atoms with Crippen molar-refractivity contribution in [3.8, 4) is 16.9 Å². The van der Waals surface area contributed by atoms with Crippen LogP contribution in [-0.4, -0.2) is 17.4 Å². The normalized spacial score (nSPS) is 10.3. The lowest BCUT2D eigenvalue weighted by atomic mass is 9.92. The zero-order chi connectivity index (χ0) is 20.8. The summed E-state index contributed by atoms with van der Waals surface area (Å²) in [5.74, 6) is 0.442. The van der Waals surface area contributed by atoms with Crippen molar-refractivity contribution in [2.75, 3.05) is 0 Å². The minimum absolute atomic E-state index is 0.442. The highest BCUT2D eigenvalue weighted by Gasteiger charge is 2.10. The average molecular weight is 392 g/mol. The molecule has 0 atom stereocenters. The van der Waals surface area contributed by atoms with Gasteiger partial charge in [-0.2, -0.15) is 0 Å². The maximum Gasteiger partial charge on any atom is 0.707 e. The third-order valence-corrected chi connectivity index (χ3v) is 4.82. The van der Waals surface area contributed by atoms with Crippen LogP contribution in [0.4, 0.5) is 0 Å². The Kier molecular flexibility index (Phi) is 6.09. The summed E-state index contributed by atoms with van der Waals surface area (Å²) in [6, 6.07) is 38.8. The van der Waals surface area contributed by atoms with E-state index in [-0.39, 0.29) is 0 Å². The number of hydrogen-bond donors (Lipinski definition) is 2. The van der Waals surface area contributed by atoms with E-state index in [1.807, 2.05) is 6.07 Å². The van der Waals surface area contributed by atoms with Gasteiger partial charge in [-0.25, -0.2) is 0 Å². The Balaban J connectivity index is 0.000000185. The first-order chi connectivity index (χ1) is 14.7. The molecule has 0 bridgehead atoms. The van der Waals surface area contributed by atoms with E-state index in [2.05, 4.69) is 89.6 Å². The Bertz CT molecular complexity index is 1180. The molecule has 0 aliphatic rings. The lowest BCUT2D eigenvalue weighted by Gasteiger charge is -2.11. The maximum atomic E-state index is 8.34. The van der Waals surface area contributed by atoms with E-state index in [9.17, 15) is 0 Å². The molecule has 30 heavy (non-hydrogen) atoms. The summed E-state index contributed by atoms with van der Waals surface area (Å²) < 4.78 is 4.53. The third-order valence-electron chi connectivity index (χ3n) is 4.82. The molecule has 0 aliphatic carbocycles. The van der Waals surface area contributed by atoms with Crippen molar-refractivity contribution in [2.45, 2.75) is 0 Å². The molecule has 146 valence electrons. The Morgan fingerprint density at radius 2 is 1.00 bits per heavy atom. The maximum absolute atomic E-state index is 8.34. The first-order valence-corrected chi connectivity index (χ1v) is 9.76. The highest BCUT2D eigenvalue weighted by molar-refractivity contribution is 6.33. The van der Waals surface area contributed by atoms with Crippen LogP contribution < -0.4 is 4.65 Å². The van der Waals surface area contributed by atoms with Crippen LogP contribution in [0.3, 0.4) is 0 Å². The molecule has 0 aliphatic heterocycles. The quantitative estimate of drug-likeness (QED) is 0.306. The molecule has 0 fully saturated rings. The molecule has 3 nitrogen and oxygen atoms in total. The monoisotopic (exact) mass is 392 g/mol. The fraction of sp³-hybridized carbons (Fsp3) is 0. The molecule has 5 aromatic rings. The lowest BCUT2D eigenvalue weighted by Crippen LogP contribution is -2.20. The summed E-state index contributed by atoms with van der Waals surface area (Å²) in [6.45, 7) is 0. The molecule has 0 saturated heterocycles.